The average Bonchev–Trinajstić information content (AvgIpc) is 2.50. The molecule has 0 saturated heterocycles. The van der Waals surface area contributed by atoms with Crippen LogP contribution in [0.25, 0.3) is 0 Å². The van der Waals surface area contributed by atoms with E-state index in [1.807, 2.05) is 42.5 Å². The zero-order chi connectivity index (χ0) is 15.1. The highest BCUT2D eigenvalue weighted by atomic mass is 16.2. The van der Waals surface area contributed by atoms with Gasteiger partial charge in [0.05, 0.1) is 18.5 Å². The van der Waals surface area contributed by atoms with Gasteiger partial charge in [0.2, 0.25) is 5.91 Å². The molecule has 2 aromatic carbocycles. The largest absolute Gasteiger partial charge is 0.325 e. The molecule has 21 heavy (non-hydrogen) atoms. The van der Waals surface area contributed by atoms with Crippen molar-refractivity contribution in [1.29, 1.82) is 5.26 Å². The van der Waals surface area contributed by atoms with Gasteiger partial charge in [-0.1, -0.05) is 42.5 Å². The molecule has 0 aliphatic rings. The van der Waals surface area contributed by atoms with Gasteiger partial charge in [0.1, 0.15) is 0 Å². The van der Waals surface area contributed by atoms with E-state index in [1.165, 1.54) is 0 Å². The summed E-state index contributed by atoms with van der Waals surface area (Å²) in [4.78, 5) is 12.0. The molecule has 3 N–H and O–H groups in total. The van der Waals surface area contributed by atoms with Crippen molar-refractivity contribution in [2.24, 2.45) is 5.73 Å². The van der Waals surface area contributed by atoms with Crippen molar-refractivity contribution in [2.45, 2.75) is 18.9 Å². The van der Waals surface area contributed by atoms with Gasteiger partial charge in [-0.2, -0.15) is 5.26 Å². The van der Waals surface area contributed by atoms with Crippen LogP contribution >= 0.6 is 0 Å². The molecular weight excluding hydrogens is 262 g/mol. The van der Waals surface area contributed by atoms with Crippen molar-refractivity contribution in [1.82, 2.24) is 0 Å². The molecule has 106 valence electrons. The fraction of sp³-hybridized carbons (Fsp3) is 0.176. The molecule has 1 unspecified atom stereocenters. The first kappa shape index (κ1) is 14.8. The van der Waals surface area contributed by atoms with Crippen molar-refractivity contribution < 1.29 is 4.79 Å². The summed E-state index contributed by atoms with van der Waals surface area (Å²) in [5.74, 6) is -0.216. The van der Waals surface area contributed by atoms with Crippen LogP contribution in [0.15, 0.2) is 54.6 Å². The number of nitrogens with two attached hydrogens (primary N) is 1. The summed E-state index contributed by atoms with van der Waals surface area (Å²) < 4.78 is 0. The molecule has 0 aliphatic heterocycles. The number of amides is 1. The lowest BCUT2D eigenvalue weighted by atomic mass is 10.1. The third kappa shape index (κ3) is 4.44. The van der Waals surface area contributed by atoms with E-state index in [-0.39, 0.29) is 5.91 Å². The number of anilines is 1. The highest BCUT2D eigenvalue weighted by Gasteiger charge is 2.14. The Balaban J connectivity index is 1.93. The summed E-state index contributed by atoms with van der Waals surface area (Å²) in [5, 5.41) is 11.4. The maximum absolute atomic E-state index is 12.0. The number of benzene rings is 2. The Morgan fingerprint density at radius 3 is 2.38 bits per heavy atom. The molecule has 0 spiro atoms. The molecule has 2 rings (SSSR count). The molecule has 2 aromatic rings. The Morgan fingerprint density at radius 2 is 1.76 bits per heavy atom. The lowest BCUT2D eigenvalue weighted by Crippen LogP contribution is -2.37. The van der Waals surface area contributed by atoms with Gasteiger partial charge in [-0.05, 0) is 29.7 Å². The van der Waals surface area contributed by atoms with Gasteiger partial charge in [0.25, 0.3) is 0 Å². The second-order valence-corrected chi connectivity index (χ2v) is 4.82. The van der Waals surface area contributed by atoms with Crippen molar-refractivity contribution in [2.75, 3.05) is 5.32 Å². The van der Waals surface area contributed by atoms with Gasteiger partial charge in [0, 0.05) is 5.69 Å². The molecule has 1 atom stereocenters. The first-order valence-corrected chi connectivity index (χ1v) is 6.75. The molecule has 0 aliphatic carbocycles. The van der Waals surface area contributed by atoms with Crippen LogP contribution in [0.2, 0.25) is 0 Å². The summed E-state index contributed by atoms with van der Waals surface area (Å²) in [6.45, 7) is 0. The van der Waals surface area contributed by atoms with Gasteiger partial charge >= 0.3 is 0 Å². The second kappa shape index (κ2) is 7.22. The lowest BCUT2D eigenvalue weighted by Gasteiger charge is -2.12. The Hall–Kier alpha value is -2.64. The van der Waals surface area contributed by atoms with E-state index in [2.05, 4.69) is 11.4 Å². The number of hydrogen-bond acceptors (Lipinski definition) is 3. The molecular formula is C17H17N3O. The average molecular weight is 279 g/mol. The highest BCUT2D eigenvalue weighted by Crippen LogP contribution is 2.11. The van der Waals surface area contributed by atoms with Gasteiger partial charge in [-0.15, -0.1) is 0 Å². The third-order valence-corrected chi connectivity index (χ3v) is 3.14. The molecule has 1 amide bonds. The van der Waals surface area contributed by atoms with Crippen LogP contribution in [0, 0.1) is 11.3 Å². The van der Waals surface area contributed by atoms with Crippen LogP contribution in [0.5, 0.6) is 0 Å². The summed E-state index contributed by atoms with van der Waals surface area (Å²) in [6.07, 6.45) is 0.862. The number of nitriles is 1. The van der Waals surface area contributed by atoms with E-state index >= 15 is 0 Å². The zero-order valence-corrected chi connectivity index (χ0v) is 11.6. The number of rotatable bonds is 5. The van der Waals surface area contributed by atoms with Crippen LogP contribution in [0.3, 0.4) is 0 Å². The van der Waals surface area contributed by atoms with Crippen molar-refractivity contribution >= 4 is 11.6 Å². The predicted octanol–water partition coefficient (Wildman–Crippen LogP) is 2.26. The highest BCUT2D eigenvalue weighted by molar-refractivity contribution is 5.94. The topological polar surface area (TPSA) is 78.9 Å². The van der Waals surface area contributed by atoms with E-state index in [0.29, 0.717) is 18.5 Å². The third-order valence-electron chi connectivity index (χ3n) is 3.14. The van der Waals surface area contributed by atoms with Crippen LogP contribution in [-0.4, -0.2) is 11.9 Å². The Kier molecular flexibility index (Phi) is 5.08. The molecule has 4 nitrogen and oxygen atoms in total. The first-order chi connectivity index (χ1) is 10.2. The van der Waals surface area contributed by atoms with Crippen LogP contribution in [-0.2, 0) is 17.6 Å². The standard InChI is InChI=1S/C17H17N3O/c18-11-10-13-6-8-15(9-7-13)20-17(21)16(19)12-14-4-2-1-3-5-14/h1-9,16H,10,12,19H2,(H,20,21). The van der Waals surface area contributed by atoms with Gasteiger partial charge < -0.3 is 11.1 Å². The SMILES string of the molecule is N#CCc1ccc(NC(=O)C(N)Cc2ccccc2)cc1. The number of nitrogens with one attached hydrogen (secondary N) is 1. The maximum atomic E-state index is 12.0. The summed E-state index contributed by atoms with van der Waals surface area (Å²) in [5.41, 5.74) is 8.56. The van der Waals surface area contributed by atoms with Crippen molar-refractivity contribution in [3.05, 3.63) is 65.7 Å². The Labute approximate surface area is 124 Å². The molecule has 0 heterocycles. The fourth-order valence-corrected chi connectivity index (χ4v) is 1.99. The summed E-state index contributed by atoms with van der Waals surface area (Å²) >= 11 is 0. The van der Waals surface area contributed by atoms with Crippen molar-refractivity contribution in [3.8, 4) is 6.07 Å². The fourth-order valence-electron chi connectivity index (χ4n) is 1.99. The lowest BCUT2D eigenvalue weighted by molar-refractivity contribution is -0.117. The Bertz CT molecular complexity index is 629. The number of hydrogen-bond donors (Lipinski definition) is 2. The molecule has 0 fully saturated rings. The smallest absolute Gasteiger partial charge is 0.241 e. The number of nitrogens with zero attached hydrogens (tertiary/aromatic N) is 1. The van der Waals surface area contributed by atoms with E-state index in [0.717, 1.165) is 11.1 Å². The summed E-state index contributed by atoms with van der Waals surface area (Å²) in [6, 6.07) is 18.4. The minimum absolute atomic E-state index is 0.216. The van der Waals surface area contributed by atoms with E-state index in [4.69, 9.17) is 11.0 Å². The minimum Gasteiger partial charge on any atom is -0.325 e. The van der Waals surface area contributed by atoms with E-state index in [1.54, 1.807) is 12.1 Å². The van der Waals surface area contributed by atoms with Crippen LogP contribution < -0.4 is 11.1 Å². The molecule has 4 heteroatoms. The van der Waals surface area contributed by atoms with Gasteiger partial charge in [-0.3, -0.25) is 4.79 Å². The van der Waals surface area contributed by atoms with E-state index in [9.17, 15) is 4.79 Å². The minimum atomic E-state index is -0.591. The van der Waals surface area contributed by atoms with Crippen LogP contribution in [0.4, 0.5) is 5.69 Å². The molecule has 0 saturated carbocycles. The maximum Gasteiger partial charge on any atom is 0.241 e. The summed E-state index contributed by atoms with van der Waals surface area (Å²) in [7, 11) is 0. The van der Waals surface area contributed by atoms with Gasteiger partial charge in [-0.25, -0.2) is 0 Å². The normalized spacial score (nSPS) is 11.4. The second-order valence-electron chi connectivity index (χ2n) is 4.82. The number of carbonyl (C=O) groups excluding carboxylic acids is 1. The predicted molar refractivity (Wildman–Crippen MR) is 82.5 cm³/mol. The van der Waals surface area contributed by atoms with Crippen molar-refractivity contribution in [3.63, 3.8) is 0 Å². The van der Waals surface area contributed by atoms with Crippen LogP contribution in [0.1, 0.15) is 11.1 Å². The quantitative estimate of drug-likeness (QED) is 0.881. The number of carbonyl (C=O) groups is 1. The molecule has 0 radical (unpaired) electrons. The van der Waals surface area contributed by atoms with Gasteiger partial charge in [0.15, 0.2) is 0 Å². The monoisotopic (exact) mass is 279 g/mol. The molecule has 0 bridgehead atoms. The zero-order valence-electron chi connectivity index (χ0n) is 11.6. The van der Waals surface area contributed by atoms with E-state index < -0.39 is 6.04 Å². The first-order valence-electron chi connectivity index (χ1n) is 6.75. The Morgan fingerprint density at radius 1 is 1.10 bits per heavy atom. The molecule has 0 aromatic heterocycles.